The summed E-state index contributed by atoms with van der Waals surface area (Å²) in [5, 5.41) is 11.4. The molecular formula is C17H21N5O2. The highest BCUT2D eigenvalue weighted by Crippen LogP contribution is 2.36. The van der Waals surface area contributed by atoms with E-state index in [1.165, 1.54) is 23.9 Å². The van der Waals surface area contributed by atoms with Crippen molar-refractivity contribution in [3.05, 3.63) is 42.2 Å². The molecule has 2 aromatic rings. The van der Waals surface area contributed by atoms with Crippen LogP contribution in [-0.4, -0.2) is 56.3 Å². The van der Waals surface area contributed by atoms with Gasteiger partial charge in [-0.05, 0) is 28.8 Å². The monoisotopic (exact) mass is 327 g/mol. The predicted octanol–water partition coefficient (Wildman–Crippen LogP) is 1.43. The van der Waals surface area contributed by atoms with Gasteiger partial charge in [0, 0.05) is 13.1 Å². The molecule has 1 saturated heterocycles. The molecule has 0 radical (unpaired) electrons. The van der Waals surface area contributed by atoms with Gasteiger partial charge in [-0.3, -0.25) is 4.79 Å². The highest BCUT2D eigenvalue weighted by molar-refractivity contribution is 5.83. The fraction of sp³-hybridized carbons (Fsp3) is 0.529. The quantitative estimate of drug-likeness (QED) is 0.853. The fourth-order valence-corrected chi connectivity index (χ4v) is 3.86. The number of hydrogen-bond donors (Lipinski definition) is 0. The zero-order valence-corrected chi connectivity index (χ0v) is 13.5. The predicted molar refractivity (Wildman–Crippen MR) is 86.1 cm³/mol. The van der Waals surface area contributed by atoms with Crippen molar-refractivity contribution in [3.63, 3.8) is 0 Å². The van der Waals surface area contributed by atoms with Crippen LogP contribution in [0.5, 0.6) is 0 Å². The Labute approximate surface area is 140 Å². The molecule has 1 aromatic carbocycles. The van der Waals surface area contributed by atoms with Crippen LogP contribution in [0.2, 0.25) is 0 Å². The molecule has 126 valence electrons. The second-order valence-corrected chi connectivity index (χ2v) is 6.60. The van der Waals surface area contributed by atoms with Gasteiger partial charge in [0.15, 0.2) is 6.04 Å². The molecule has 7 nitrogen and oxygen atoms in total. The van der Waals surface area contributed by atoms with Crippen LogP contribution in [0.4, 0.5) is 0 Å². The first kappa shape index (κ1) is 15.3. The summed E-state index contributed by atoms with van der Waals surface area (Å²) in [6, 6.07) is 9.15. The summed E-state index contributed by atoms with van der Waals surface area (Å²) >= 11 is 0. The Morgan fingerprint density at radius 1 is 1.21 bits per heavy atom. The van der Waals surface area contributed by atoms with E-state index in [1.54, 1.807) is 0 Å². The molecule has 2 heterocycles. The molecule has 2 aliphatic rings. The summed E-state index contributed by atoms with van der Waals surface area (Å²) in [5.41, 5.74) is 0.747. The summed E-state index contributed by atoms with van der Waals surface area (Å²) in [7, 11) is 0. The number of nitrogens with zero attached hydrogens (tertiary/aromatic N) is 5. The minimum atomic E-state index is -0.530. The Morgan fingerprint density at radius 2 is 2.00 bits per heavy atom. The van der Waals surface area contributed by atoms with Crippen LogP contribution in [0.3, 0.4) is 0 Å². The molecule has 0 unspecified atom stereocenters. The summed E-state index contributed by atoms with van der Waals surface area (Å²) in [6.45, 7) is 1.88. The van der Waals surface area contributed by atoms with E-state index in [1.807, 2.05) is 35.2 Å². The molecule has 0 N–H and O–H groups in total. The Balaban J connectivity index is 1.62. The summed E-state index contributed by atoms with van der Waals surface area (Å²) in [4.78, 5) is 15.2. The highest BCUT2D eigenvalue weighted by Gasteiger charge is 2.42. The van der Waals surface area contributed by atoms with E-state index >= 15 is 0 Å². The van der Waals surface area contributed by atoms with Crippen LogP contribution in [0.25, 0.3) is 0 Å². The fourth-order valence-electron chi connectivity index (χ4n) is 3.86. The standard InChI is InChI=1S/C17H21N5O2/c23-16(21-10-11-24-17(12-21)8-4-5-9-17)15(22-13-18-19-20-22)14-6-2-1-3-7-14/h1-3,6-7,13,15H,4-5,8-12H2/t15-/m1/s1. The molecule has 1 saturated carbocycles. The van der Waals surface area contributed by atoms with Gasteiger partial charge in [-0.25, -0.2) is 4.68 Å². The van der Waals surface area contributed by atoms with Crippen LogP contribution in [0, 0.1) is 0 Å². The van der Waals surface area contributed by atoms with Gasteiger partial charge in [0.25, 0.3) is 5.91 Å². The van der Waals surface area contributed by atoms with E-state index in [0.717, 1.165) is 18.4 Å². The maximum absolute atomic E-state index is 13.3. The van der Waals surface area contributed by atoms with Gasteiger partial charge in [0.2, 0.25) is 0 Å². The molecule has 24 heavy (non-hydrogen) atoms. The Kier molecular flexibility index (Phi) is 4.02. The average molecular weight is 327 g/mol. The van der Waals surface area contributed by atoms with Crippen molar-refractivity contribution in [1.82, 2.24) is 25.1 Å². The average Bonchev–Trinajstić information content (AvgIpc) is 3.29. The Bertz CT molecular complexity index is 682. The summed E-state index contributed by atoms with van der Waals surface area (Å²) < 4.78 is 7.58. The highest BCUT2D eigenvalue weighted by atomic mass is 16.5. The largest absolute Gasteiger partial charge is 0.371 e. The number of carbonyl (C=O) groups excluding carboxylic acids is 1. The third kappa shape index (κ3) is 2.80. The lowest BCUT2D eigenvalue weighted by molar-refractivity contribution is -0.152. The zero-order chi connectivity index (χ0) is 16.4. The SMILES string of the molecule is O=C([C@@H](c1ccccc1)n1cnnn1)N1CCOC2(CCCC2)C1. The number of ether oxygens (including phenoxy) is 1. The first-order valence-electron chi connectivity index (χ1n) is 8.48. The third-order valence-electron chi connectivity index (χ3n) is 5.05. The number of hydrogen-bond acceptors (Lipinski definition) is 5. The molecule has 7 heteroatoms. The van der Waals surface area contributed by atoms with Crippen molar-refractivity contribution in [3.8, 4) is 0 Å². The second kappa shape index (κ2) is 6.32. The van der Waals surface area contributed by atoms with Gasteiger partial charge in [0.05, 0.1) is 12.2 Å². The normalized spacial score (nSPS) is 21.1. The minimum absolute atomic E-state index is 0.0306. The zero-order valence-electron chi connectivity index (χ0n) is 13.5. The number of rotatable bonds is 3. The lowest BCUT2D eigenvalue weighted by Gasteiger charge is -2.41. The first-order chi connectivity index (χ1) is 11.8. The second-order valence-electron chi connectivity index (χ2n) is 6.60. The van der Waals surface area contributed by atoms with Crippen LogP contribution in [0.15, 0.2) is 36.7 Å². The molecule has 1 amide bonds. The molecule has 4 rings (SSSR count). The van der Waals surface area contributed by atoms with Crippen molar-refractivity contribution in [2.75, 3.05) is 19.7 Å². The summed E-state index contributed by atoms with van der Waals surface area (Å²) in [6.07, 6.45) is 5.94. The number of benzene rings is 1. The molecule has 2 fully saturated rings. The maximum atomic E-state index is 13.3. The van der Waals surface area contributed by atoms with Gasteiger partial charge < -0.3 is 9.64 Å². The van der Waals surface area contributed by atoms with E-state index in [-0.39, 0.29) is 11.5 Å². The molecule has 1 aliphatic carbocycles. The number of aromatic nitrogens is 4. The van der Waals surface area contributed by atoms with E-state index in [4.69, 9.17) is 4.74 Å². The summed E-state index contributed by atoms with van der Waals surface area (Å²) in [5.74, 6) is 0.0306. The number of morpholine rings is 1. The van der Waals surface area contributed by atoms with Gasteiger partial charge in [-0.1, -0.05) is 43.2 Å². The van der Waals surface area contributed by atoms with Gasteiger partial charge in [0.1, 0.15) is 6.33 Å². The Morgan fingerprint density at radius 3 is 2.71 bits per heavy atom. The number of carbonyl (C=O) groups is 1. The van der Waals surface area contributed by atoms with Crippen molar-refractivity contribution in [2.45, 2.75) is 37.3 Å². The van der Waals surface area contributed by atoms with Crippen LogP contribution < -0.4 is 0 Å². The van der Waals surface area contributed by atoms with E-state index in [0.29, 0.717) is 19.7 Å². The van der Waals surface area contributed by atoms with E-state index in [2.05, 4.69) is 15.5 Å². The van der Waals surface area contributed by atoms with E-state index < -0.39 is 6.04 Å². The molecule has 1 spiro atoms. The molecule has 1 aromatic heterocycles. The lowest BCUT2D eigenvalue weighted by atomic mass is 9.98. The van der Waals surface area contributed by atoms with Gasteiger partial charge in [-0.15, -0.1) is 5.10 Å². The number of amides is 1. The van der Waals surface area contributed by atoms with Crippen molar-refractivity contribution < 1.29 is 9.53 Å². The van der Waals surface area contributed by atoms with Gasteiger partial charge in [-0.2, -0.15) is 0 Å². The van der Waals surface area contributed by atoms with Crippen molar-refractivity contribution in [1.29, 1.82) is 0 Å². The molecule has 1 aliphatic heterocycles. The Hall–Kier alpha value is -2.28. The van der Waals surface area contributed by atoms with Crippen molar-refractivity contribution in [2.24, 2.45) is 0 Å². The lowest BCUT2D eigenvalue weighted by Crippen LogP contribution is -2.54. The maximum Gasteiger partial charge on any atom is 0.252 e. The molecule has 1 atom stereocenters. The molecule has 0 bridgehead atoms. The first-order valence-corrected chi connectivity index (χ1v) is 8.48. The minimum Gasteiger partial charge on any atom is -0.371 e. The van der Waals surface area contributed by atoms with Crippen LogP contribution in [0.1, 0.15) is 37.3 Å². The smallest absolute Gasteiger partial charge is 0.252 e. The van der Waals surface area contributed by atoms with E-state index in [9.17, 15) is 4.79 Å². The molecular weight excluding hydrogens is 306 g/mol. The topological polar surface area (TPSA) is 73.1 Å². The number of tetrazole rings is 1. The van der Waals surface area contributed by atoms with Crippen LogP contribution >= 0.6 is 0 Å². The van der Waals surface area contributed by atoms with Crippen molar-refractivity contribution >= 4 is 5.91 Å². The van der Waals surface area contributed by atoms with Crippen LogP contribution in [-0.2, 0) is 9.53 Å². The third-order valence-corrected chi connectivity index (χ3v) is 5.05. The van der Waals surface area contributed by atoms with Gasteiger partial charge >= 0.3 is 0 Å².